The van der Waals surface area contributed by atoms with Crippen molar-refractivity contribution in [2.75, 3.05) is 14.1 Å². The number of amides is 1. The maximum Gasteiger partial charge on any atom is 0.246 e. The number of nitrogens with one attached hydrogen (secondary N) is 1. The van der Waals surface area contributed by atoms with Gasteiger partial charge in [-0.2, -0.15) is 5.10 Å². The number of carbonyl (C=O) groups excluding carboxylic acids is 1. The molecular weight excluding hydrogens is 328 g/mol. The highest BCUT2D eigenvalue weighted by Gasteiger charge is 2.28. The standard InChI is InChI=1S/C16H28N4O3S/c1-11-8-6-7-9-14(11)17-15(21)10-20-13(3)16(12(2)18-20)24(22,23)19(4)5/h11,14H,6-10H2,1-5H3,(H,17,21)/t11-,14-/m1/s1. The molecule has 0 spiro atoms. The number of carbonyl (C=O) groups is 1. The van der Waals surface area contributed by atoms with Crippen LogP contribution in [0.2, 0.25) is 0 Å². The van der Waals surface area contributed by atoms with Crippen molar-refractivity contribution in [3.63, 3.8) is 0 Å². The summed E-state index contributed by atoms with van der Waals surface area (Å²) in [5.41, 5.74) is 0.910. The van der Waals surface area contributed by atoms with E-state index in [1.807, 2.05) is 0 Å². The van der Waals surface area contributed by atoms with Gasteiger partial charge in [-0.1, -0.05) is 19.8 Å². The van der Waals surface area contributed by atoms with Gasteiger partial charge in [0.25, 0.3) is 0 Å². The van der Waals surface area contributed by atoms with Crippen molar-refractivity contribution in [2.24, 2.45) is 5.92 Å². The Morgan fingerprint density at radius 3 is 2.50 bits per heavy atom. The first kappa shape index (κ1) is 18.9. The van der Waals surface area contributed by atoms with Crippen molar-refractivity contribution in [3.05, 3.63) is 11.4 Å². The summed E-state index contributed by atoms with van der Waals surface area (Å²) in [4.78, 5) is 12.5. The monoisotopic (exact) mass is 356 g/mol. The van der Waals surface area contributed by atoms with Crippen LogP contribution in [0.15, 0.2) is 4.90 Å². The van der Waals surface area contributed by atoms with Crippen LogP contribution in [0.1, 0.15) is 44.0 Å². The normalized spacial score (nSPS) is 21.9. The fourth-order valence-electron chi connectivity index (χ4n) is 3.31. The van der Waals surface area contributed by atoms with Gasteiger partial charge in [-0.05, 0) is 32.6 Å². The van der Waals surface area contributed by atoms with Crippen LogP contribution in [0.5, 0.6) is 0 Å². The molecular formula is C16H28N4O3S. The Kier molecular flexibility index (Phi) is 5.70. The van der Waals surface area contributed by atoms with Crippen molar-refractivity contribution >= 4 is 15.9 Å². The second kappa shape index (κ2) is 7.23. The van der Waals surface area contributed by atoms with E-state index in [4.69, 9.17) is 0 Å². The molecule has 0 unspecified atom stereocenters. The summed E-state index contributed by atoms with van der Waals surface area (Å²) in [6, 6.07) is 0.202. The summed E-state index contributed by atoms with van der Waals surface area (Å²) >= 11 is 0. The molecule has 1 heterocycles. The van der Waals surface area contributed by atoms with E-state index in [9.17, 15) is 13.2 Å². The van der Waals surface area contributed by atoms with Gasteiger partial charge < -0.3 is 5.32 Å². The Bertz CT molecular complexity index is 709. The van der Waals surface area contributed by atoms with Crippen LogP contribution in [0.4, 0.5) is 0 Å². The van der Waals surface area contributed by atoms with Gasteiger partial charge in [-0.3, -0.25) is 9.48 Å². The number of sulfonamides is 1. The number of rotatable bonds is 5. The molecule has 1 aliphatic rings. The van der Waals surface area contributed by atoms with Crippen molar-refractivity contribution in [1.82, 2.24) is 19.4 Å². The Hall–Kier alpha value is -1.41. The lowest BCUT2D eigenvalue weighted by atomic mass is 9.86. The Morgan fingerprint density at radius 1 is 1.29 bits per heavy atom. The molecule has 1 aliphatic carbocycles. The van der Waals surface area contributed by atoms with E-state index < -0.39 is 10.0 Å². The number of nitrogens with zero attached hydrogens (tertiary/aromatic N) is 3. The predicted molar refractivity (Wildman–Crippen MR) is 92.1 cm³/mol. The number of aryl methyl sites for hydroxylation is 1. The van der Waals surface area contributed by atoms with Gasteiger partial charge in [0, 0.05) is 20.1 Å². The quantitative estimate of drug-likeness (QED) is 0.865. The zero-order valence-corrected chi connectivity index (χ0v) is 16.0. The van der Waals surface area contributed by atoms with Crippen molar-refractivity contribution < 1.29 is 13.2 Å². The number of hydrogen-bond donors (Lipinski definition) is 1. The van der Waals surface area contributed by atoms with E-state index in [-0.39, 0.29) is 23.4 Å². The van der Waals surface area contributed by atoms with Gasteiger partial charge in [0.2, 0.25) is 15.9 Å². The molecule has 7 nitrogen and oxygen atoms in total. The van der Waals surface area contributed by atoms with Gasteiger partial charge in [-0.15, -0.1) is 0 Å². The van der Waals surface area contributed by atoms with Crippen LogP contribution < -0.4 is 5.32 Å². The van der Waals surface area contributed by atoms with E-state index in [0.717, 1.165) is 23.6 Å². The SMILES string of the molecule is Cc1nn(CC(=O)N[C@@H]2CCCC[C@H]2C)c(C)c1S(=O)(=O)N(C)C. The highest BCUT2D eigenvalue weighted by atomic mass is 32.2. The van der Waals surface area contributed by atoms with Crippen LogP contribution in [0.3, 0.4) is 0 Å². The second-order valence-electron chi connectivity index (χ2n) is 6.88. The van der Waals surface area contributed by atoms with Crippen LogP contribution in [0, 0.1) is 19.8 Å². The lowest BCUT2D eigenvalue weighted by Gasteiger charge is -2.29. The molecule has 136 valence electrons. The summed E-state index contributed by atoms with van der Waals surface area (Å²) < 4.78 is 27.5. The molecule has 0 bridgehead atoms. The topological polar surface area (TPSA) is 84.3 Å². The maximum atomic E-state index is 12.4. The third-order valence-electron chi connectivity index (χ3n) is 4.81. The van der Waals surface area contributed by atoms with E-state index in [1.165, 1.54) is 25.2 Å². The average molecular weight is 356 g/mol. The van der Waals surface area contributed by atoms with Crippen LogP contribution in [-0.2, 0) is 21.4 Å². The molecule has 0 saturated heterocycles. The molecule has 24 heavy (non-hydrogen) atoms. The lowest BCUT2D eigenvalue weighted by Crippen LogP contribution is -2.42. The molecule has 1 aromatic heterocycles. The summed E-state index contributed by atoms with van der Waals surface area (Å²) in [5.74, 6) is 0.362. The first-order valence-electron chi connectivity index (χ1n) is 8.40. The number of aromatic nitrogens is 2. The van der Waals surface area contributed by atoms with Crippen LogP contribution >= 0.6 is 0 Å². The van der Waals surface area contributed by atoms with Gasteiger partial charge in [-0.25, -0.2) is 12.7 Å². The predicted octanol–water partition coefficient (Wildman–Crippen LogP) is 1.45. The van der Waals surface area contributed by atoms with Crippen LogP contribution in [-0.4, -0.2) is 48.5 Å². The molecule has 0 radical (unpaired) electrons. The fourth-order valence-corrected chi connectivity index (χ4v) is 4.57. The van der Waals surface area contributed by atoms with Crippen molar-refractivity contribution in [3.8, 4) is 0 Å². The smallest absolute Gasteiger partial charge is 0.246 e. The van der Waals surface area contributed by atoms with E-state index in [2.05, 4.69) is 17.3 Å². The first-order chi connectivity index (χ1) is 11.1. The fraction of sp³-hybridized carbons (Fsp3) is 0.750. The molecule has 1 amide bonds. The van der Waals surface area contributed by atoms with E-state index in [1.54, 1.807) is 13.8 Å². The highest BCUT2D eigenvalue weighted by Crippen LogP contribution is 2.24. The Morgan fingerprint density at radius 2 is 1.92 bits per heavy atom. The van der Waals surface area contributed by atoms with Crippen LogP contribution in [0.25, 0.3) is 0 Å². The highest BCUT2D eigenvalue weighted by molar-refractivity contribution is 7.89. The molecule has 0 aromatic carbocycles. The molecule has 8 heteroatoms. The third-order valence-corrected chi connectivity index (χ3v) is 6.87. The summed E-state index contributed by atoms with van der Waals surface area (Å²) in [6.45, 7) is 5.54. The number of hydrogen-bond acceptors (Lipinski definition) is 4. The summed E-state index contributed by atoms with van der Waals surface area (Å²) in [7, 11) is -0.593. The van der Waals surface area contributed by atoms with E-state index >= 15 is 0 Å². The van der Waals surface area contributed by atoms with Gasteiger partial charge >= 0.3 is 0 Å². The summed E-state index contributed by atoms with van der Waals surface area (Å²) in [5, 5.41) is 7.34. The molecule has 1 fully saturated rings. The minimum absolute atomic E-state index is 0.0405. The molecule has 1 aromatic rings. The molecule has 2 rings (SSSR count). The molecule has 2 atom stereocenters. The average Bonchev–Trinajstić information content (AvgIpc) is 2.76. The molecule has 1 saturated carbocycles. The Balaban J connectivity index is 2.15. The zero-order valence-electron chi connectivity index (χ0n) is 15.2. The summed E-state index contributed by atoms with van der Waals surface area (Å²) in [6.07, 6.45) is 4.50. The minimum atomic E-state index is -3.57. The maximum absolute atomic E-state index is 12.4. The second-order valence-corrected chi connectivity index (χ2v) is 8.97. The van der Waals surface area contributed by atoms with Gasteiger partial charge in [0.1, 0.15) is 11.4 Å². The lowest BCUT2D eigenvalue weighted by molar-refractivity contribution is -0.123. The van der Waals surface area contributed by atoms with Crippen molar-refractivity contribution in [1.29, 1.82) is 0 Å². The van der Waals surface area contributed by atoms with Gasteiger partial charge in [0.15, 0.2) is 0 Å². The van der Waals surface area contributed by atoms with Crippen molar-refractivity contribution in [2.45, 2.75) is 63.9 Å². The van der Waals surface area contributed by atoms with E-state index in [0.29, 0.717) is 17.3 Å². The first-order valence-corrected chi connectivity index (χ1v) is 9.84. The minimum Gasteiger partial charge on any atom is -0.351 e. The Labute approximate surface area is 144 Å². The van der Waals surface area contributed by atoms with Gasteiger partial charge in [0.05, 0.1) is 11.4 Å². The molecule has 0 aliphatic heterocycles. The molecule has 1 N–H and O–H groups in total. The largest absolute Gasteiger partial charge is 0.351 e. The zero-order chi connectivity index (χ0) is 18.1. The third kappa shape index (κ3) is 3.80.